The van der Waals surface area contributed by atoms with E-state index in [0.717, 1.165) is 25.7 Å². The summed E-state index contributed by atoms with van der Waals surface area (Å²) < 4.78 is 43.1. The standard InChI is InChI=1S/C22H27F2N5O4/c1-13-25-19(28-33-13)21(2,9-14-3-4-14)27-20(30)32-17-8-7-16(29-11-22(23,24)12-29)18(26-17)31-10-15-5-6-15/h7-8,14-15H,3-6,9-12H2,1-2H3,(H,27,30). The van der Waals surface area contributed by atoms with E-state index in [-0.39, 0.29) is 11.8 Å². The molecule has 1 aliphatic heterocycles. The molecule has 2 aliphatic carbocycles. The Bertz CT molecular complexity index is 1030. The molecule has 3 aliphatic rings. The Hall–Kier alpha value is -2.98. The summed E-state index contributed by atoms with van der Waals surface area (Å²) in [6.45, 7) is 3.20. The lowest BCUT2D eigenvalue weighted by Gasteiger charge is -2.40. The molecule has 2 aromatic rings. The lowest BCUT2D eigenvalue weighted by Crippen LogP contribution is -2.56. The average molecular weight is 463 g/mol. The van der Waals surface area contributed by atoms with Gasteiger partial charge >= 0.3 is 6.09 Å². The van der Waals surface area contributed by atoms with Crippen LogP contribution in [-0.4, -0.2) is 46.8 Å². The monoisotopic (exact) mass is 463 g/mol. The molecule has 11 heteroatoms. The maximum absolute atomic E-state index is 13.4. The molecule has 9 nitrogen and oxygen atoms in total. The zero-order chi connectivity index (χ0) is 23.2. The zero-order valence-electron chi connectivity index (χ0n) is 18.6. The number of halogens is 2. The van der Waals surface area contributed by atoms with Crippen LogP contribution in [0.4, 0.5) is 19.3 Å². The highest BCUT2D eigenvalue weighted by atomic mass is 19.3. The van der Waals surface area contributed by atoms with Crippen LogP contribution in [0.3, 0.4) is 0 Å². The van der Waals surface area contributed by atoms with Gasteiger partial charge in [-0.1, -0.05) is 18.0 Å². The second kappa shape index (κ2) is 8.11. The summed E-state index contributed by atoms with van der Waals surface area (Å²) in [5.74, 6) is -0.782. The molecular weight excluding hydrogens is 436 g/mol. The molecular formula is C22H27F2N5O4. The van der Waals surface area contributed by atoms with Gasteiger partial charge in [-0.25, -0.2) is 13.6 Å². The first-order chi connectivity index (χ1) is 15.7. The molecule has 3 fully saturated rings. The number of nitrogens with one attached hydrogen (secondary N) is 1. The minimum Gasteiger partial charge on any atom is -0.476 e. The summed E-state index contributed by atoms with van der Waals surface area (Å²) in [5.41, 5.74) is -0.389. The molecule has 2 aromatic heterocycles. The Kier molecular flexibility index (Phi) is 5.37. The molecule has 2 saturated carbocycles. The molecule has 1 saturated heterocycles. The number of amides is 1. The summed E-state index contributed by atoms with van der Waals surface area (Å²) in [6.07, 6.45) is 4.26. The van der Waals surface area contributed by atoms with Crippen LogP contribution in [0, 0.1) is 18.8 Å². The van der Waals surface area contributed by atoms with Gasteiger partial charge in [-0.15, -0.1) is 0 Å². The Morgan fingerprint density at radius 2 is 1.97 bits per heavy atom. The molecule has 0 bridgehead atoms. The van der Waals surface area contributed by atoms with Gasteiger partial charge in [0.15, 0.2) is 5.82 Å². The van der Waals surface area contributed by atoms with Crippen molar-refractivity contribution in [2.45, 2.75) is 57.4 Å². The number of alkyl halides is 2. The highest BCUT2D eigenvalue weighted by molar-refractivity contribution is 5.71. The minimum atomic E-state index is -2.72. The molecule has 1 unspecified atom stereocenters. The SMILES string of the molecule is Cc1nc(C(C)(CC2CC2)NC(=O)Oc2ccc(N3CC(F)(F)C3)c(OCC3CC3)n2)no1. The smallest absolute Gasteiger partial charge is 0.414 e. The fourth-order valence-electron chi connectivity index (χ4n) is 3.95. The second-order valence-electron chi connectivity index (χ2n) is 9.57. The van der Waals surface area contributed by atoms with Crippen molar-refractivity contribution in [2.75, 3.05) is 24.6 Å². The molecule has 0 spiro atoms. The maximum Gasteiger partial charge on any atom is 0.414 e. The first-order valence-corrected chi connectivity index (χ1v) is 11.3. The van der Waals surface area contributed by atoms with E-state index in [2.05, 4.69) is 20.4 Å². The Morgan fingerprint density at radius 1 is 1.24 bits per heavy atom. The summed E-state index contributed by atoms with van der Waals surface area (Å²) in [4.78, 5) is 22.9. The molecule has 5 rings (SSSR count). The lowest BCUT2D eigenvalue weighted by molar-refractivity contribution is -0.0265. The van der Waals surface area contributed by atoms with Crippen molar-refractivity contribution in [1.82, 2.24) is 20.4 Å². The second-order valence-corrected chi connectivity index (χ2v) is 9.57. The van der Waals surface area contributed by atoms with Crippen molar-refractivity contribution in [2.24, 2.45) is 11.8 Å². The van der Waals surface area contributed by atoms with Crippen LogP contribution in [0.15, 0.2) is 16.7 Å². The number of aromatic nitrogens is 3. The number of carbonyl (C=O) groups is 1. The van der Waals surface area contributed by atoms with E-state index in [1.807, 2.05) is 6.92 Å². The van der Waals surface area contributed by atoms with Gasteiger partial charge in [-0.3, -0.25) is 0 Å². The molecule has 3 heterocycles. The fourth-order valence-corrected chi connectivity index (χ4v) is 3.95. The van der Waals surface area contributed by atoms with Gasteiger partial charge in [0.1, 0.15) is 11.2 Å². The van der Waals surface area contributed by atoms with E-state index in [4.69, 9.17) is 14.0 Å². The van der Waals surface area contributed by atoms with Crippen LogP contribution in [0.25, 0.3) is 0 Å². The number of hydrogen-bond donors (Lipinski definition) is 1. The number of ether oxygens (including phenoxy) is 2. The van der Waals surface area contributed by atoms with Crippen LogP contribution in [0.1, 0.15) is 50.7 Å². The number of nitrogens with zero attached hydrogens (tertiary/aromatic N) is 4. The minimum absolute atomic E-state index is 0.0207. The van der Waals surface area contributed by atoms with Crippen molar-refractivity contribution >= 4 is 11.8 Å². The van der Waals surface area contributed by atoms with Crippen molar-refractivity contribution in [3.63, 3.8) is 0 Å². The Morgan fingerprint density at radius 3 is 2.58 bits per heavy atom. The van der Waals surface area contributed by atoms with Gasteiger partial charge in [0.25, 0.3) is 5.92 Å². The summed E-state index contributed by atoms with van der Waals surface area (Å²) in [5, 5.41) is 6.85. The van der Waals surface area contributed by atoms with Gasteiger partial charge in [0.05, 0.1) is 19.7 Å². The summed E-state index contributed by atoms with van der Waals surface area (Å²) >= 11 is 0. The van der Waals surface area contributed by atoms with E-state index in [1.165, 1.54) is 11.0 Å². The maximum atomic E-state index is 13.4. The van der Waals surface area contributed by atoms with E-state index < -0.39 is 30.6 Å². The fraction of sp³-hybridized carbons (Fsp3) is 0.636. The quantitative estimate of drug-likeness (QED) is 0.599. The molecule has 0 radical (unpaired) electrons. The molecule has 1 amide bonds. The molecule has 178 valence electrons. The Labute approximate surface area is 189 Å². The molecule has 33 heavy (non-hydrogen) atoms. The van der Waals surface area contributed by atoms with Crippen LogP contribution in [0.5, 0.6) is 11.8 Å². The van der Waals surface area contributed by atoms with Crippen LogP contribution in [-0.2, 0) is 5.54 Å². The third-order valence-electron chi connectivity index (χ3n) is 6.14. The van der Waals surface area contributed by atoms with Gasteiger partial charge in [-0.2, -0.15) is 9.97 Å². The highest BCUT2D eigenvalue weighted by Crippen LogP contribution is 2.41. The van der Waals surface area contributed by atoms with Crippen molar-refractivity contribution in [1.29, 1.82) is 0 Å². The highest BCUT2D eigenvalue weighted by Gasteiger charge is 2.45. The number of anilines is 1. The zero-order valence-corrected chi connectivity index (χ0v) is 18.6. The predicted octanol–water partition coefficient (Wildman–Crippen LogP) is 3.82. The topological polar surface area (TPSA) is 103 Å². The lowest BCUT2D eigenvalue weighted by atomic mass is 9.94. The van der Waals surface area contributed by atoms with E-state index in [0.29, 0.717) is 42.3 Å². The van der Waals surface area contributed by atoms with E-state index >= 15 is 0 Å². The predicted molar refractivity (Wildman–Crippen MR) is 113 cm³/mol. The number of carbonyl (C=O) groups excluding carboxylic acids is 1. The normalized spacial score (nSPS) is 21.2. The first-order valence-electron chi connectivity index (χ1n) is 11.3. The van der Waals surface area contributed by atoms with Gasteiger partial charge in [0.2, 0.25) is 17.7 Å². The Balaban J connectivity index is 1.29. The molecule has 0 aromatic carbocycles. The summed E-state index contributed by atoms with van der Waals surface area (Å²) in [6, 6.07) is 3.07. The van der Waals surface area contributed by atoms with Gasteiger partial charge < -0.3 is 24.2 Å². The number of rotatable bonds is 9. The molecule has 1 atom stereocenters. The van der Waals surface area contributed by atoms with Crippen molar-refractivity contribution < 1.29 is 27.6 Å². The average Bonchev–Trinajstić information content (AvgIpc) is 3.65. The largest absolute Gasteiger partial charge is 0.476 e. The third kappa shape index (κ3) is 5.17. The van der Waals surface area contributed by atoms with Crippen molar-refractivity contribution in [3.8, 4) is 11.8 Å². The van der Waals surface area contributed by atoms with E-state index in [9.17, 15) is 13.6 Å². The first kappa shape index (κ1) is 21.8. The van der Waals surface area contributed by atoms with Crippen molar-refractivity contribution in [3.05, 3.63) is 23.8 Å². The van der Waals surface area contributed by atoms with Gasteiger partial charge in [-0.05, 0) is 44.1 Å². The molecule has 1 N–H and O–H groups in total. The number of pyridine rings is 1. The third-order valence-corrected chi connectivity index (χ3v) is 6.14. The van der Waals surface area contributed by atoms with E-state index in [1.54, 1.807) is 13.0 Å². The number of hydrogen-bond acceptors (Lipinski definition) is 8. The van der Waals surface area contributed by atoms with Gasteiger partial charge in [0, 0.05) is 13.0 Å². The van der Waals surface area contributed by atoms with Crippen LogP contribution in [0.2, 0.25) is 0 Å². The number of aryl methyl sites for hydroxylation is 1. The van der Waals surface area contributed by atoms with Crippen LogP contribution >= 0.6 is 0 Å². The summed E-state index contributed by atoms with van der Waals surface area (Å²) in [7, 11) is 0. The van der Waals surface area contributed by atoms with Crippen LogP contribution < -0.4 is 19.7 Å².